The molecule has 0 aromatic carbocycles. The van der Waals surface area contributed by atoms with Crippen LogP contribution < -0.4 is 51.4 Å². The van der Waals surface area contributed by atoms with Gasteiger partial charge >= 0.3 is 51.4 Å². The van der Waals surface area contributed by atoms with E-state index in [0.29, 0.717) is 13.0 Å². The summed E-state index contributed by atoms with van der Waals surface area (Å²) in [7, 11) is -4.18. The van der Waals surface area contributed by atoms with E-state index in [1.54, 1.807) is 0 Å². The van der Waals surface area contributed by atoms with Crippen molar-refractivity contribution in [1.29, 1.82) is 0 Å². The van der Waals surface area contributed by atoms with Crippen LogP contribution in [-0.4, -0.2) is 31.4 Å². The minimum atomic E-state index is -4.18. The quantitative estimate of drug-likeness (QED) is 0.250. The summed E-state index contributed by atoms with van der Waals surface area (Å²) in [5, 5.41) is 0. The summed E-state index contributed by atoms with van der Waals surface area (Å²) in [6.07, 6.45) is 12.7. The topological polar surface area (TPSA) is 66.4 Å². The first kappa shape index (κ1) is 25.7. The van der Waals surface area contributed by atoms with E-state index >= 15 is 0 Å². The molecule has 0 fully saturated rings. The van der Waals surface area contributed by atoms with E-state index in [1.807, 2.05) is 6.92 Å². The van der Waals surface area contributed by atoms with Gasteiger partial charge < -0.3 is 9.29 Å². The molecule has 0 rings (SSSR count). The van der Waals surface area contributed by atoms with Crippen LogP contribution in [0.3, 0.4) is 0 Å². The fraction of sp³-hybridized carbons (Fsp3) is 1.00. The van der Waals surface area contributed by atoms with Crippen molar-refractivity contribution in [3.63, 3.8) is 0 Å². The van der Waals surface area contributed by atoms with Gasteiger partial charge in [0.25, 0.3) is 0 Å². The SMILES string of the molecule is CCCCCCCCCCCCC(CS(=O)(=O)[O-])OCC.[K+]. The summed E-state index contributed by atoms with van der Waals surface area (Å²) < 4.78 is 37.6. The van der Waals surface area contributed by atoms with Gasteiger partial charge in [0.1, 0.15) is 0 Å². The van der Waals surface area contributed by atoms with Crippen molar-refractivity contribution in [2.75, 3.05) is 12.4 Å². The Morgan fingerprint density at radius 1 is 0.864 bits per heavy atom. The van der Waals surface area contributed by atoms with Crippen LogP contribution in [0.4, 0.5) is 0 Å². The molecule has 0 aliphatic carbocycles. The molecule has 1 unspecified atom stereocenters. The Kier molecular flexibility index (Phi) is 20.3. The largest absolute Gasteiger partial charge is 1.00 e. The maximum Gasteiger partial charge on any atom is 1.00 e. The number of hydrogen-bond donors (Lipinski definition) is 0. The first-order chi connectivity index (χ1) is 9.99. The number of ether oxygens (including phenoxy) is 1. The van der Waals surface area contributed by atoms with Crippen molar-refractivity contribution in [2.45, 2.75) is 90.6 Å². The Morgan fingerprint density at radius 2 is 1.32 bits per heavy atom. The molecule has 1 atom stereocenters. The predicted molar refractivity (Wildman–Crippen MR) is 86.4 cm³/mol. The van der Waals surface area contributed by atoms with Gasteiger partial charge in [0.2, 0.25) is 0 Å². The standard InChI is InChI=1S/C16H34O4S.K/c1-3-5-6-7-8-9-10-11-12-13-14-16(20-4-2)15-21(17,18)19;/h16H,3-15H2,1-2H3,(H,17,18,19);/q;+1/p-1. The molecule has 0 N–H and O–H groups in total. The molecule has 0 saturated carbocycles. The van der Waals surface area contributed by atoms with E-state index in [2.05, 4.69) is 6.92 Å². The van der Waals surface area contributed by atoms with Crippen LogP contribution in [0.2, 0.25) is 0 Å². The number of hydrogen-bond acceptors (Lipinski definition) is 4. The Hall–Kier alpha value is 1.51. The normalized spacial score (nSPS) is 12.9. The van der Waals surface area contributed by atoms with Crippen molar-refractivity contribution >= 4 is 10.1 Å². The van der Waals surface area contributed by atoms with Crippen molar-refractivity contribution in [3.05, 3.63) is 0 Å². The van der Waals surface area contributed by atoms with E-state index < -0.39 is 22.0 Å². The Balaban J connectivity index is 0. The molecule has 22 heavy (non-hydrogen) atoms. The maximum absolute atomic E-state index is 10.8. The van der Waals surface area contributed by atoms with Gasteiger partial charge in [-0.15, -0.1) is 0 Å². The molecule has 0 aromatic heterocycles. The van der Waals surface area contributed by atoms with E-state index in [4.69, 9.17) is 4.74 Å². The average Bonchev–Trinajstić information content (AvgIpc) is 2.39. The maximum atomic E-state index is 10.8. The van der Waals surface area contributed by atoms with E-state index in [1.165, 1.54) is 51.4 Å². The second-order valence-corrected chi connectivity index (χ2v) is 7.22. The number of unbranched alkanes of at least 4 members (excludes halogenated alkanes) is 9. The second kappa shape index (κ2) is 17.3. The summed E-state index contributed by atoms with van der Waals surface area (Å²) in [5.41, 5.74) is 0. The van der Waals surface area contributed by atoms with Gasteiger partial charge in [-0.05, 0) is 13.3 Å². The third-order valence-corrected chi connectivity index (χ3v) is 4.45. The van der Waals surface area contributed by atoms with Gasteiger partial charge in [0.15, 0.2) is 0 Å². The molecular formula is C16H33KO4S. The molecule has 0 aliphatic rings. The molecule has 0 aromatic rings. The van der Waals surface area contributed by atoms with Crippen LogP contribution in [0, 0.1) is 0 Å². The van der Waals surface area contributed by atoms with Crippen molar-refractivity contribution < 1.29 is 69.1 Å². The van der Waals surface area contributed by atoms with Gasteiger partial charge in [-0.3, -0.25) is 0 Å². The molecule has 0 aliphatic heterocycles. The molecule has 128 valence electrons. The van der Waals surface area contributed by atoms with Gasteiger partial charge in [-0.1, -0.05) is 71.1 Å². The third-order valence-electron chi connectivity index (χ3n) is 3.67. The molecule has 6 heteroatoms. The van der Waals surface area contributed by atoms with E-state index in [-0.39, 0.29) is 51.4 Å². The van der Waals surface area contributed by atoms with Crippen LogP contribution >= 0.6 is 0 Å². The molecular weight excluding hydrogens is 327 g/mol. The van der Waals surface area contributed by atoms with Gasteiger partial charge in [0.05, 0.1) is 22.0 Å². The average molecular weight is 361 g/mol. The third kappa shape index (κ3) is 19.6. The fourth-order valence-corrected chi connectivity index (χ4v) is 3.26. The molecule has 0 saturated heterocycles. The summed E-state index contributed by atoms with van der Waals surface area (Å²) in [6, 6.07) is 0. The fourth-order valence-electron chi connectivity index (χ4n) is 2.54. The molecule has 0 amide bonds. The minimum Gasteiger partial charge on any atom is -0.748 e. The summed E-state index contributed by atoms with van der Waals surface area (Å²) in [4.78, 5) is 0. The van der Waals surface area contributed by atoms with Gasteiger partial charge in [-0.2, -0.15) is 0 Å². The Labute approximate surface area is 180 Å². The Bertz CT molecular complexity index is 320. The van der Waals surface area contributed by atoms with Crippen LogP contribution in [-0.2, 0) is 14.9 Å². The van der Waals surface area contributed by atoms with Crippen molar-refractivity contribution in [3.8, 4) is 0 Å². The van der Waals surface area contributed by atoms with Gasteiger partial charge in [0, 0.05) is 6.61 Å². The van der Waals surface area contributed by atoms with Crippen LogP contribution in [0.5, 0.6) is 0 Å². The van der Waals surface area contributed by atoms with Crippen LogP contribution in [0.25, 0.3) is 0 Å². The zero-order valence-electron chi connectivity index (χ0n) is 14.8. The summed E-state index contributed by atoms with van der Waals surface area (Å²) in [6.45, 7) is 4.51. The van der Waals surface area contributed by atoms with Gasteiger partial charge in [-0.25, -0.2) is 8.42 Å². The zero-order valence-corrected chi connectivity index (χ0v) is 18.8. The zero-order chi connectivity index (χ0) is 16.0. The smallest absolute Gasteiger partial charge is 0.748 e. The molecule has 0 radical (unpaired) electrons. The summed E-state index contributed by atoms with van der Waals surface area (Å²) >= 11 is 0. The van der Waals surface area contributed by atoms with Crippen LogP contribution in [0.1, 0.15) is 84.5 Å². The minimum absolute atomic E-state index is 0. The van der Waals surface area contributed by atoms with Crippen molar-refractivity contribution in [2.24, 2.45) is 0 Å². The molecule has 0 bridgehead atoms. The van der Waals surface area contributed by atoms with Crippen molar-refractivity contribution in [1.82, 2.24) is 0 Å². The van der Waals surface area contributed by atoms with E-state index in [0.717, 1.165) is 12.8 Å². The Morgan fingerprint density at radius 3 is 1.73 bits per heavy atom. The molecule has 4 nitrogen and oxygen atoms in total. The first-order valence-electron chi connectivity index (χ1n) is 8.54. The monoisotopic (exact) mass is 360 g/mol. The second-order valence-electron chi connectivity index (χ2n) is 5.77. The number of rotatable bonds is 15. The molecule has 0 heterocycles. The first-order valence-corrected chi connectivity index (χ1v) is 10.1. The van der Waals surface area contributed by atoms with Crippen LogP contribution in [0.15, 0.2) is 0 Å². The predicted octanol–water partition coefficient (Wildman–Crippen LogP) is 1.25. The summed E-state index contributed by atoms with van der Waals surface area (Å²) in [5.74, 6) is -0.391. The van der Waals surface area contributed by atoms with E-state index in [9.17, 15) is 13.0 Å². The molecule has 0 spiro atoms.